The van der Waals surface area contributed by atoms with Crippen molar-refractivity contribution in [3.63, 3.8) is 0 Å². The zero-order chi connectivity index (χ0) is 41.0. The molecule has 0 saturated heterocycles. The second kappa shape index (κ2) is 7.71. The van der Waals surface area contributed by atoms with E-state index < -0.39 is 138 Å². The first-order valence-electron chi connectivity index (χ1n) is 20.9. The first kappa shape index (κ1) is 8.80. The van der Waals surface area contributed by atoms with Gasteiger partial charge in [-0.25, -0.2) is 0 Å². The molecule has 0 N–H and O–H groups in total. The number of fused-ring (bicyclic) bond motifs is 6. The number of hydrogen-bond acceptors (Lipinski definition) is 1. The average Bonchev–Trinajstić information content (AvgIpc) is 3.17. The molecule has 1 heteroatoms. The van der Waals surface area contributed by atoms with Crippen molar-refractivity contribution in [3.8, 4) is 11.1 Å². The van der Waals surface area contributed by atoms with E-state index >= 15 is 0 Å². The summed E-state index contributed by atoms with van der Waals surface area (Å²) in [6, 6.07) is -12.7. The van der Waals surface area contributed by atoms with Gasteiger partial charge in [0.1, 0.15) is 0 Å². The lowest BCUT2D eigenvalue weighted by Crippen LogP contribution is -1.98. The van der Waals surface area contributed by atoms with Gasteiger partial charge in [0.2, 0.25) is 0 Å². The van der Waals surface area contributed by atoms with E-state index in [0.717, 1.165) is 11.8 Å². The molecule has 0 fully saturated rings. The van der Waals surface area contributed by atoms with Crippen LogP contribution in [0.15, 0.2) is 131 Å². The Hall–Kier alpha value is -4.07. The minimum absolute atomic E-state index is 0.0296. The lowest BCUT2D eigenvalue weighted by molar-refractivity contribution is 1.24. The molecular formula is C35H22S. The van der Waals surface area contributed by atoms with E-state index in [2.05, 4.69) is 0 Å². The minimum Gasteiger partial charge on any atom is -0.0888 e. The summed E-state index contributed by atoms with van der Waals surface area (Å²) in [7, 11) is 0. The van der Waals surface area contributed by atoms with E-state index in [1.54, 1.807) is 0 Å². The molecule has 1 aliphatic heterocycles. The maximum atomic E-state index is 9.32. The Kier molecular flexibility index (Phi) is 1.88. The highest BCUT2D eigenvalue weighted by Gasteiger charge is 2.20. The Labute approximate surface area is 242 Å². The topological polar surface area (TPSA) is 0 Å². The van der Waals surface area contributed by atoms with E-state index in [0.29, 0.717) is 0 Å². The summed E-state index contributed by atoms with van der Waals surface area (Å²) in [4.78, 5) is -0.0774. The Bertz CT molecular complexity index is 3080. The standard InChI is InChI=1S/C35H22S/c1-3-10-25-22(8-1)16-18-28-31(25)20-23-9-2-4-11-26(23)32(28)21-24-17-19-34-35-27(24)13-7-14-30(35)29-12-5-6-15-33(29)36-34/h1-20H,21H2/i1D,2D,3D,4D,5D,6D,7D,8D,9D,10D,11D,12D,13D,14D,15D,16D,17D,18D,19D,20D. The molecule has 0 unspecified atom stereocenters. The van der Waals surface area contributed by atoms with Crippen molar-refractivity contribution >= 4 is 54.9 Å². The Morgan fingerprint density at radius 1 is 0.500 bits per heavy atom. The van der Waals surface area contributed by atoms with Crippen molar-refractivity contribution in [2.24, 2.45) is 0 Å². The van der Waals surface area contributed by atoms with Gasteiger partial charge in [-0.3, -0.25) is 0 Å². The molecule has 0 amide bonds. The number of benzene rings is 7. The van der Waals surface area contributed by atoms with Crippen LogP contribution in [0.1, 0.15) is 38.5 Å². The maximum absolute atomic E-state index is 9.32. The van der Waals surface area contributed by atoms with Crippen LogP contribution in [0.3, 0.4) is 0 Å². The lowest BCUT2D eigenvalue weighted by atomic mass is 9.88. The van der Waals surface area contributed by atoms with Gasteiger partial charge in [-0.15, -0.1) is 0 Å². The largest absolute Gasteiger partial charge is 0.0888 e. The van der Waals surface area contributed by atoms with Gasteiger partial charge in [-0.05, 0) is 84.5 Å². The average molecular weight is 495 g/mol. The SMILES string of the molecule is [2H]c1c([2H])c([2H])c2c(c1[2H])Sc1c([2H])c([2H])c(Cc3c4c([2H])c([2H])c([2H])c([2H])c4c([2H])c4c3c([2H])c([2H])c3c([2H])c([2H])c([2H])c([2H])c34)c3c([2H])c([2H])c([2H])c-2c13. The smallest absolute Gasteiger partial charge is 0.0636 e. The summed E-state index contributed by atoms with van der Waals surface area (Å²) in [5.74, 6) is 0. The molecule has 36 heavy (non-hydrogen) atoms. The Balaban J connectivity index is 1.64. The van der Waals surface area contributed by atoms with Crippen LogP contribution in [-0.4, -0.2) is 0 Å². The van der Waals surface area contributed by atoms with Crippen molar-refractivity contribution < 1.29 is 27.4 Å². The lowest BCUT2D eigenvalue weighted by Gasteiger charge is -2.22. The molecule has 0 spiro atoms. The third-order valence-electron chi connectivity index (χ3n) is 6.23. The zero-order valence-corrected chi connectivity index (χ0v) is 18.9. The Morgan fingerprint density at radius 3 is 2.19 bits per heavy atom. The third kappa shape index (κ3) is 2.90. The van der Waals surface area contributed by atoms with E-state index in [1.165, 1.54) is 0 Å². The van der Waals surface area contributed by atoms with Gasteiger partial charge < -0.3 is 0 Å². The van der Waals surface area contributed by atoms with Crippen LogP contribution in [0.2, 0.25) is 0 Å². The summed E-state index contributed by atoms with van der Waals surface area (Å²) >= 11 is 0.746. The van der Waals surface area contributed by atoms with E-state index in [9.17, 15) is 5.48 Å². The van der Waals surface area contributed by atoms with Gasteiger partial charge in [-0.2, -0.15) is 0 Å². The second-order valence-corrected chi connectivity index (χ2v) is 9.16. The van der Waals surface area contributed by atoms with Crippen LogP contribution in [0, 0.1) is 0 Å². The van der Waals surface area contributed by atoms with Crippen LogP contribution in [0.4, 0.5) is 0 Å². The highest BCUT2D eigenvalue weighted by atomic mass is 32.2. The Morgan fingerprint density at radius 2 is 1.25 bits per heavy atom. The summed E-state index contributed by atoms with van der Waals surface area (Å²) in [5.41, 5.74) is -0.716. The molecule has 0 nitrogen and oxygen atoms in total. The van der Waals surface area contributed by atoms with Crippen molar-refractivity contribution in [1.29, 1.82) is 0 Å². The fraction of sp³-hybridized carbons (Fsp3) is 0.0286. The molecule has 7 aromatic rings. The molecule has 0 radical (unpaired) electrons. The molecular weight excluding hydrogens is 452 g/mol. The van der Waals surface area contributed by atoms with E-state index in [4.69, 9.17) is 21.9 Å². The number of hydrogen-bond donors (Lipinski definition) is 0. The fourth-order valence-electron chi connectivity index (χ4n) is 4.66. The summed E-state index contributed by atoms with van der Waals surface area (Å²) < 4.78 is 176. The van der Waals surface area contributed by atoms with Gasteiger partial charge in [0.25, 0.3) is 0 Å². The van der Waals surface area contributed by atoms with Crippen LogP contribution >= 0.6 is 11.8 Å². The summed E-state index contributed by atoms with van der Waals surface area (Å²) in [6.45, 7) is 0. The molecule has 0 bridgehead atoms. The molecule has 8 rings (SSSR count). The summed E-state index contributed by atoms with van der Waals surface area (Å²) in [6.07, 6.45) is -0.647. The van der Waals surface area contributed by atoms with Gasteiger partial charge in [0.15, 0.2) is 0 Å². The van der Waals surface area contributed by atoms with Crippen molar-refractivity contribution in [2.45, 2.75) is 16.2 Å². The molecule has 0 saturated carbocycles. The van der Waals surface area contributed by atoms with E-state index in [-0.39, 0.29) is 64.4 Å². The quantitative estimate of drug-likeness (QED) is 0.170. The first-order chi connectivity index (χ1) is 26.2. The van der Waals surface area contributed by atoms with Crippen molar-refractivity contribution in [2.75, 3.05) is 0 Å². The molecule has 0 aromatic heterocycles. The van der Waals surface area contributed by atoms with Crippen LogP contribution in [-0.2, 0) is 6.42 Å². The molecule has 168 valence electrons. The zero-order valence-electron chi connectivity index (χ0n) is 38.1. The third-order valence-corrected chi connectivity index (χ3v) is 7.25. The van der Waals surface area contributed by atoms with Crippen molar-refractivity contribution in [1.82, 2.24) is 0 Å². The van der Waals surface area contributed by atoms with Gasteiger partial charge in [-0.1, -0.05) is 114 Å². The van der Waals surface area contributed by atoms with Gasteiger partial charge in [0, 0.05) is 15.2 Å². The number of rotatable bonds is 2. The first-order valence-corrected chi connectivity index (χ1v) is 11.7. The normalized spacial score (nSPS) is 20.2. The highest BCUT2D eigenvalue weighted by Crippen LogP contribution is 2.48. The summed E-state index contributed by atoms with van der Waals surface area (Å²) in [5, 5.41) is -2.33. The molecule has 0 atom stereocenters. The predicted octanol–water partition coefficient (Wildman–Crippen LogP) is 10.0. The molecule has 0 aliphatic carbocycles. The monoisotopic (exact) mass is 494 g/mol. The van der Waals surface area contributed by atoms with Crippen LogP contribution in [0.25, 0.3) is 54.2 Å². The van der Waals surface area contributed by atoms with Crippen LogP contribution < -0.4 is 0 Å². The molecule has 1 aliphatic rings. The highest BCUT2D eigenvalue weighted by molar-refractivity contribution is 7.99. The molecule has 7 aromatic carbocycles. The fourth-order valence-corrected chi connectivity index (χ4v) is 5.63. The van der Waals surface area contributed by atoms with Gasteiger partial charge >= 0.3 is 0 Å². The van der Waals surface area contributed by atoms with Gasteiger partial charge in [0.05, 0.1) is 27.4 Å². The maximum Gasteiger partial charge on any atom is 0.0636 e. The predicted molar refractivity (Wildman–Crippen MR) is 155 cm³/mol. The van der Waals surface area contributed by atoms with Crippen molar-refractivity contribution in [3.05, 3.63) is 132 Å². The van der Waals surface area contributed by atoms with E-state index in [1.807, 2.05) is 0 Å². The van der Waals surface area contributed by atoms with Crippen LogP contribution in [0.5, 0.6) is 0 Å². The second-order valence-electron chi connectivity index (χ2n) is 8.14. The minimum atomic E-state index is -0.734. The molecule has 1 heterocycles.